The van der Waals surface area contributed by atoms with E-state index in [2.05, 4.69) is 4.90 Å². The van der Waals surface area contributed by atoms with E-state index < -0.39 is 11.9 Å². The van der Waals surface area contributed by atoms with E-state index in [0.717, 1.165) is 24.9 Å². The van der Waals surface area contributed by atoms with Crippen LogP contribution >= 0.6 is 0 Å². The number of nitrogens with zero attached hydrogens (tertiary/aromatic N) is 1. The van der Waals surface area contributed by atoms with Crippen LogP contribution in [-0.4, -0.2) is 30.1 Å². The van der Waals surface area contributed by atoms with Gasteiger partial charge in [0.15, 0.2) is 0 Å². The molecular formula is C15H19NO4. The van der Waals surface area contributed by atoms with Crippen molar-refractivity contribution in [1.29, 1.82) is 0 Å². The van der Waals surface area contributed by atoms with E-state index in [4.69, 9.17) is 9.84 Å². The molecule has 0 unspecified atom stereocenters. The topological polar surface area (TPSA) is 66.8 Å². The summed E-state index contributed by atoms with van der Waals surface area (Å²) in [5.74, 6) is -1.13. The predicted octanol–water partition coefficient (Wildman–Crippen LogP) is 2.56. The normalized spacial score (nSPS) is 10.6. The van der Waals surface area contributed by atoms with Gasteiger partial charge in [0.05, 0.1) is 0 Å². The third-order valence-electron chi connectivity index (χ3n) is 2.78. The Morgan fingerprint density at radius 1 is 1.30 bits per heavy atom. The molecule has 0 aromatic heterocycles. The summed E-state index contributed by atoms with van der Waals surface area (Å²) >= 11 is 0. The SMILES string of the molecule is CCN(CC)c1ccc(C=CC(=O)O)c(OC(C)=O)c1. The number of rotatable bonds is 6. The largest absolute Gasteiger partial charge is 0.478 e. The molecule has 0 bridgehead atoms. The summed E-state index contributed by atoms with van der Waals surface area (Å²) < 4.78 is 5.15. The van der Waals surface area contributed by atoms with Crippen LogP contribution in [0.5, 0.6) is 5.75 Å². The number of esters is 1. The minimum absolute atomic E-state index is 0.361. The van der Waals surface area contributed by atoms with Crippen LogP contribution in [0.15, 0.2) is 24.3 Å². The molecule has 0 heterocycles. The molecule has 1 aromatic rings. The van der Waals surface area contributed by atoms with Crippen LogP contribution < -0.4 is 9.64 Å². The molecule has 0 saturated carbocycles. The predicted molar refractivity (Wildman–Crippen MR) is 78.0 cm³/mol. The van der Waals surface area contributed by atoms with Gasteiger partial charge in [-0.25, -0.2) is 4.79 Å². The molecule has 1 aromatic carbocycles. The van der Waals surface area contributed by atoms with Crippen LogP contribution in [0.2, 0.25) is 0 Å². The second-order valence-electron chi connectivity index (χ2n) is 4.16. The van der Waals surface area contributed by atoms with Crippen LogP contribution in [0.4, 0.5) is 5.69 Å². The number of anilines is 1. The second kappa shape index (κ2) is 7.33. The summed E-state index contributed by atoms with van der Waals surface area (Å²) in [4.78, 5) is 23.8. The highest BCUT2D eigenvalue weighted by molar-refractivity contribution is 5.86. The van der Waals surface area contributed by atoms with Crippen LogP contribution in [0.3, 0.4) is 0 Å². The molecule has 0 aliphatic rings. The van der Waals surface area contributed by atoms with Gasteiger partial charge in [0, 0.05) is 43.4 Å². The molecule has 0 fully saturated rings. The summed E-state index contributed by atoms with van der Waals surface area (Å²) in [6, 6.07) is 5.36. The van der Waals surface area contributed by atoms with E-state index in [1.165, 1.54) is 13.0 Å². The summed E-state index contributed by atoms with van der Waals surface area (Å²) in [7, 11) is 0. The molecule has 1 rings (SSSR count). The Balaban J connectivity index is 3.18. The molecular weight excluding hydrogens is 258 g/mol. The van der Waals surface area contributed by atoms with Crippen molar-refractivity contribution in [3.05, 3.63) is 29.8 Å². The van der Waals surface area contributed by atoms with Crippen molar-refractivity contribution in [2.45, 2.75) is 20.8 Å². The second-order valence-corrected chi connectivity index (χ2v) is 4.16. The molecule has 0 spiro atoms. The van der Waals surface area contributed by atoms with Crippen molar-refractivity contribution in [2.24, 2.45) is 0 Å². The van der Waals surface area contributed by atoms with Gasteiger partial charge >= 0.3 is 11.9 Å². The Bertz CT molecular complexity index is 519. The first kappa shape index (κ1) is 15.8. The molecule has 20 heavy (non-hydrogen) atoms. The zero-order valence-electron chi connectivity index (χ0n) is 11.9. The molecule has 0 atom stereocenters. The van der Waals surface area contributed by atoms with Gasteiger partial charge < -0.3 is 14.7 Å². The maximum atomic E-state index is 11.1. The van der Waals surface area contributed by atoms with Crippen LogP contribution in [-0.2, 0) is 9.59 Å². The Hall–Kier alpha value is -2.30. The van der Waals surface area contributed by atoms with E-state index >= 15 is 0 Å². The smallest absolute Gasteiger partial charge is 0.328 e. The van der Waals surface area contributed by atoms with Crippen molar-refractivity contribution in [1.82, 2.24) is 0 Å². The van der Waals surface area contributed by atoms with Gasteiger partial charge in [-0.2, -0.15) is 0 Å². The minimum Gasteiger partial charge on any atom is -0.478 e. The first-order valence-electron chi connectivity index (χ1n) is 6.46. The number of benzene rings is 1. The van der Waals surface area contributed by atoms with Crippen LogP contribution in [0.25, 0.3) is 6.08 Å². The third-order valence-corrected chi connectivity index (χ3v) is 2.78. The number of carbonyl (C=O) groups excluding carboxylic acids is 1. The number of ether oxygens (including phenoxy) is 1. The van der Waals surface area contributed by atoms with Gasteiger partial charge in [-0.3, -0.25) is 4.79 Å². The van der Waals surface area contributed by atoms with E-state index in [1.807, 2.05) is 19.9 Å². The zero-order valence-corrected chi connectivity index (χ0v) is 11.9. The minimum atomic E-state index is -1.05. The molecule has 0 radical (unpaired) electrons. The van der Waals surface area contributed by atoms with Gasteiger partial charge in [0.1, 0.15) is 5.75 Å². The fourth-order valence-electron chi connectivity index (χ4n) is 1.85. The number of hydrogen-bond donors (Lipinski definition) is 1. The average Bonchev–Trinajstić information content (AvgIpc) is 2.38. The highest BCUT2D eigenvalue weighted by Crippen LogP contribution is 2.27. The molecule has 5 heteroatoms. The van der Waals surface area contributed by atoms with Gasteiger partial charge in [-0.15, -0.1) is 0 Å². The third kappa shape index (κ3) is 4.42. The molecule has 0 aliphatic carbocycles. The van der Waals surface area contributed by atoms with Crippen LogP contribution in [0.1, 0.15) is 26.3 Å². The maximum Gasteiger partial charge on any atom is 0.328 e. The Kier molecular flexibility index (Phi) is 5.77. The Morgan fingerprint density at radius 3 is 2.45 bits per heavy atom. The fourth-order valence-corrected chi connectivity index (χ4v) is 1.85. The standard InChI is InChI=1S/C15H19NO4/c1-4-16(5-2)13-8-6-12(7-9-15(18)19)14(10-13)20-11(3)17/h6-10H,4-5H2,1-3H3,(H,18,19). The molecule has 0 saturated heterocycles. The number of carboxylic acid groups (broad SMARTS) is 1. The first-order valence-corrected chi connectivity index (χ1v) is 6.46. The van der Waals surface area contributed by atoms with E-state index in [-0.39, 0.29) is 0 Å². The highest BCUT2D eigenvalue weighted by atomic mass is 16.5. The molecule has 0 amide bonds. The van der Waals surface area contributed by atoms with Crippen molar-refractivity contribution >= 4 is 23.7 Å². The fraction of sp³-hybridized carbons (Fsp3) is 0.333. The first-order chi connectivity index (χ1) is 9.47. The Morgan fingerprint density at radius 2 is 1.95 bits per heavy atom. The van der Waals surface area contributed by atoms with Crippen molar-refractivity contribution in [2.75, 3.05) is 18.0 Å². The van der Waals surface area contributed by atoms with Crippen molar-refractivity contribution in [3.8, 4) is 5.75 Å². The lowest BCUT2D eigenvalue weighted by Gasteiger charge is -2.22. The number of hydrogen-bond acceptors (Lipinski definition) is 4. The maximum absolute atomic E-state index is 11.1. The number of carbonyl (C=O) groups is 2. The molecule has 1 N–H and O–H groups in total. The van der Waals surface area contributed by atoms with Gasteiger partial charge in [0.2, 0.25) is 0 Å². The molecule has 0 aliphatic heterocycles. The summed E-state index contributed by atoms with van der Waals surface area (Å²) in [5, 5.41) is 8.66. The monoisotopic (exact) mass is 277 g/mol. The highest BCUT2D eigenvalue weighted by Gasteiger charge is 2.09. The lowest BCUT2D eigenvalue weighted by Crippen LogP contribution is -2.21. The van der Waals surface area contributed by atoms with Crippen LogP contribution in [0, 0.1) is 0 Å². The van der Waals surface area contributed by atoms with Crippen molar-refractivity contribution in [3.63, 3.8) is 0 Å². The van der Waals surface area contributed by atoms with E-state index in [1.54, 1.807) is 12.1 Å². The summed E-state index contributed by atoms with van der Waals surface area (Å²) in [6.45, 7) is 7.05. The molecule has 108 valence electrons. The number of aliphatic carboxylic acids is 1. The Labute approximate surface area is 118 Å². The van der Waals surface area contributed by atoms with E-state index in [0.29, 0.717) is 11.3 Å². The summed E-state index contributed by atoms with van der Waals surface area (Å²) in [6.07, 6.45) is 2.42. The quantitative estimate of drug-likeness (QED) is 0.492. The lowest BCUT2D eigenvalue weighted by molar-refractivity contribution is -0.132. The summed E-state index contributed by atoms with van der Waals surface area (Å²) in [5.41, 5.74) is 1.48. The zero-order chi connectivity index (χ0) is 15.1. The molecule has 5 nitrogen and oxygen atoms in total. The lowest BCUT2D eigenvalue weighted by atomic mass is 10.1. The number of carboxylic acids is 1. The van der Waals surface area contributed by atoms with Gasteiger partial charge in [0.25, 0.3) is 0 Å². The van der Waals surface area contributed by atoms with Crippen molar-refractivity contribution < 1.29 is 19.4 Å². The van der Waals surface area contributed by atoms with E-state index in [9.17, 15) is 9.59 Å². The van der Waals surface area contributed by atoms with Gasteiger partial charge in [-0.1, -0.05) is 0 Å². The van der Waals surface area contributed by atoms with Gasteiger partial charge in [-0.05, 0) is 32.1 Å². The average molecular weight is 277 g/mol.